The number of hydrogen-bond acceptors (Lipinski definition) is 4. The first-order valence-corrected chi connectivity index (χ1v) is 7.09. The molecule has 0 aliphatic rings. The molecule has 0 aliphatic carbocycles. The normalized spacial score (nSPS) is 9.68. The van der Waals surface area contributed by atoms with Gasteiger partial charge < -0.3 is 15.8 Å². The summed E-state index contributed by atoms with van der Waals surface area (Å²) in [4.78, 5) is 0. The lowest BCUT2D eigenvalue weighted by molar-refractivity contribution is 0.325. The second-order valence-electron chi connectivity index (χ2n) is 4.73. The number of halogens is 1. The number of rotatable bonds is 6. The minimum absolute atomic E-state index is 0. The van der Waals surface area contributed by atoms with Crippen molar-refractivity contribution < 1.29 is 4.74 Å². The van der Waals surface area contributed by atoms with Crippen molar-refractivity contribution in [2.24, 2.45) is 0 Å². The van der Waals surface area contributed by atoms with E-state index in [-0.39, 0.29) is 18.3 Å². The van der Waals surface area contributed by atoms with Gasteiger partial charge in [-0.25, -0.2) is 0 Å². The molecule has 22 heavy (non-hydrogen) atoms. The summed E-state index contributed by atoms with van der Waals surface area (Å²) in [6.07, 6.45) is 0.924. The summed E-state index contributed by atoms with van der Waals surface area (Å²) in [5.74, 6) is 0.170. The van der Waals surface area contributed by atoms with E-state index in [1.54, 1.807) is 12.1 Å². The fraction of sp³-hybridized carbons (Fsp3) is 0.235. The Morgan fingerprint density at radius 1 is 1.18 bits per heavy atom. The van der Waals surface area contributed by atoms with Gasteiger partial charge in [0.25, 0.3) is 0 Å². The molecule has 0 bridgehead atoms. The van der Waals surface area contributed by atoms with Crippen molar-refractivity contribution in [2.45, 2.75) is 13.3 Å². The van der Waals surface area contributed by atoms with Crippen LogP contribution < -0.4 is 11.1 Å². The van der Waals surface area contributed by atoms with E-state index in [9.17, 15) is 0 Å². The van der Waals surface area contributed by atoms with Crippen LogP contribution in [0.4, 0.5) is 11.4 Å². The lowest BCUT2D eigenvalue weighted by Crippen LogP contribution is -2.09. The third-order valence-electron chi connectivity index (χ3n) is 3.18. The molecule has 0 radical (unpaired) electrons. The first-order chi connectivity index (χ1) is 10.2. The maximum atomic E-state index is 7.82. The van der Waals surface area contributed by atoms with Crippen LogP contribution >= 0.6 is 12.4 Å². The molecule has 4 N–H and O–H groups in total. The first kappa shape index (κ1) is 17.9. The summed E-state index contributed by atoms with van der Waals surface area (Å²) in [6, 6.07) is 15.7. The molecule has 118 valence electrons. The van der Waals surface area contributed by atoms with E-state index >= 15 is 0 Å². The van der Waals surface area contributed by atoms with Crippen molar-refractivity contribution in [3.05, 3.63) is 59.7 Å². The van der Waals surface area contributed by atoms with E-state index in [1.165, 1.54) is 5.56 Å². The monoisotopic (exact) mass is 319 g/mol. The Hall–Kier alpha value is -2.20. The van der Waals surface area contributed by atoms with Gasteiger partial charge in [-0.2, -0.15) is 0 Å². The highest BCUT2D eigenvalue weighted by molar-refractivity contribution is 5.93. The SMILES string of the molecule is CCOC(=N)c1ccc(N)c(NCCc2ccccc2)c1.Cl. The molecule has 0 aromatic heterocycles. The number of nitrogen functional groups attached to an aromatic ring is 1. The molecule has 0 fully saturated rings. The van der Waals surface area contributed by atoms with Crippen LogP contribution in [-0.4, -0.2) is 19.0 Å². The summed E-state index contributed by atoms with van der Waals surface area (Å²) < 4.78 is 5.21. The minimum Gasteiger partial charge on any atom is -0.478 e. The zero-order valence-electron chi connectivity index (χ0n) is 12.6. The predicted octanol–water partition coefficient (Wildman–Crippen LogP) is 3.71. The Morgan fingerprint density at radius 3 is 2.59 bits per heavy atom. The molecule has 0 spiro atoms. The van der Waals surface area contributed by atoms with Gasteiger partial charge in [0.1, 0.15) is 0 Å². The highest BCUT2D eigenvalue weighted by Crippen LogP contribution is 2.20. The summed E-state index contributed by atoms with van der Waals surface area (Å²) >= 11 is 0. The number of nitrogens with one attached hydrogen (secondary N) is 2. The van der Waals surface area contributed by atoms with Crippen molar-refractivity contribution in [2.75, 3.05) is 24.2 Å². The van der Waals surface area contributed by atoms with E-state index < -0.39 is 0 Å². The van der Waals surface area contributed by atoms with Gasteiger partial charge in [-0.05, 0) is 37.1 Å². The second kappa shape index (κ2) is 8.95. The van der Waals surface area contributed by atoms with Gasteiger partial charge in [-0.15, -0.1) is 12.4 Å². The molecule has 5 heteroatoms. The largest absolute Gasteiger partial charge is 0.478 e. The number of ether oxygens (including phenoxy) is 1. The third-order valence-corrected chi connectivity index (χ3v) is 3.18. The van der Waals surface area contributed by atoms with Crippen molar-refractivity contribution in [1.82, 2.24) is 0 Å². The Labute approximate surface area is 137 Å². The maximum absolute atomic E-state index is 7.82. The Morgan fingerprint density at radius 2 is 1.91 bits per heavy atom. The zero-order valence-corrected chi connectivity index (χ0v) is 13.5. The summed E-state index contributed by atoms with van der Waals surface area (Å²) in [7, 11) is 0. The highest BCUT2D eigenvalue weighted by Gasteiger charge is 2.06. The average molecular weight is 320 g/mol. The van der Waals surface area contributed by atoms with Gasteiger partial charge in [0, 0.05) is 12.1 Å². The Kier molecular flexibility index (Phi) is 7.26. The van der Waals surface area contributed by atoms with Gasteiger partial charge in [0.15, 0.2) is 0 Å². The molecular weight excluding hydrogens is 298 g/mol. The lowest BCUT2D eigenvalue weighted by atomic mass is 10.1. The molecule has 0 heterocycles. The quantitative estimate of drug-likeness (QED) is 0.432. The predicted molar refractivity (Wildman–Crippen MR) is 95.2 cm³/mol. The van der Waals surface area contributed by atoms with Crippen LogP contribution in [0, 0.1) is 5.41 Å². The topological polar surface area (TPSA) is 71.1 Å². The molecule has 0 saturated carbocycles. The van der Waals surface area contributed by atoms with Crippen molar-refractivity contribution in [1.29, 1.82) is 5.41 Å². The molecule has 0 amide bonds. The van der Waals surface area contributed by atoms with E-state index in [4.69, 9.17) is 15.9 Å². The lowest BCUT2D eigenvalue weighted by Gasteiger charge is -2.12. The zero-order chi connectivity index (χ0) is 15.1. The fourth-order valence-corrected chi connectivity index (χ4v) is 2.06. The molecule has 0 unspecified atom stereocenters. The summed E-state index contributed by atoms with van der Waals surface area (Å²) in [5, 5.41) is 11.1. The first-order valence-electron chi connectivity index (χ1n) is 7.09. The number of hydrogen-bond donors (Lipinski definition) is 3. The molecular formula is C17H22ClN3O. The van der Waals surface area contributed by atoms with Crippen molar-refractivity contribution in [3.63, 3.8) is 0 Å². The molecule has 2 aromatic carbocycles. The fourth-order valence-electron chi connectivity index (χ4n) is 2.06. The molecule has 0 atom stereocenters. The number of anilines is 2. The van der Waals surface area contributed by atoms with Crippen LogP contribution in [0.5, 0.6) is 0 Å². The molecule has 0 aliphatic heterocycles. The van der Waals surface area contributed by atoms with Crippen molar-refractivity contribution in [3.8, 4) is 0 Å². The van der Waals surface area contributed by atoms with Gasteiger partial charge in [-0.3, -0.25) is 5.41 Å². The molecule has 0 saturated heterocycles. The van der Waals surface area contributed by atoms with Gasteiger partial charge in [0.05, 0.1) is 18.0 Å². The van der Waals surface area contributed by atoms with Gasteiger partial charge in [0.2, 0.25) is 5.90 Å². The van der Waals surface area contributed by atoms with Crippen LogP contribution in [0.25, 0.3) is 0 Å². The number of nitrogens with two attached hydrogens (primary N) is 1. The van der Waals surface area contributed by atoms with Gasteiger partial charge >= 0.3 is 0 Å². The van der Waals surface area contributed by atoms with Gasteiger partial charge in [-0.1, -0.05) is 30.3 Å². The highest BCUT2D eigenvalue weighted by atomic mass is 35.5. The molecule has 2 aromatic rings. The van der Waals surface area contributed by atoms with Crippen LogP contribution in [-0.2, 0) is 11.2 Å². The second-order valence-corrected chi connectivity index (χ2v) is 4.73. The van der Waals surface area contributed by atoms with Crippen LogP contribution in [0.15, 0.2) is 48.5 Å². The summed E-state index contributed by atoms with van der Waals surface area (Å²) in [6.45, 7) is 3.14. The van der Waals surface area contributed by atoms with Crippen LogP contribution in [0.2, 0.25) is 0 Å². The Balaban J connectivity index is 0.00000242. The standard InChI is InChI=1S/C17H21N3O.ClH/c1-2-21-17(19)14-8-9-15(18)16(12-14)20-11-10-13-6-4-3-5-7-13;/h3-9,12,19-20H,2,10-11,18H2,1H3;1H. The number of benzene rings is 2. The minimum atomic E-state index is 0. The smallest absolute Gasteiger partial charge is 0.213 e. The average Bonchev–Trinajstić information content (AvgIpc) is 2.50. The van der Waals surface area contributed by atoms with E-state index in [1.807, 2.05) is 31.2 Å². The maximum Gasteiger partial charge on any atom is 0.213 e. The van der Waals surface area contributed by atoms with E-state index in [2.05, 4.69) is 17.4 Å². The molecule has 4 nitrogen and oxygen atoms in total. The van der Waals surface area contributed by atoms with Crippen LogP contribution in [0.1, 0.15) is 18.1 Å². The van der Waals surface area contributed by atoms with Crippen LogP contribution in [0.3, 0.4) is 0 Å². The van der Waals surface area contributed by atoms with E-state index in [0.717, 1.165) is 24.2 Å². The van der Waals surface area contributed by atoms with E-state index in [0.29, 0.717) is 12.3 Å². The van der Waals surface area contributed by atoms with Crippen molar-refractivity contribution >= 4 is 29.7 Å². The Bertz CT molecular complexity index is 602. The summed E-state index contributed by atoms with van der Waals surface area (Å²) in [5.41, 5.74) is 9.50. The molecule has 2 rings (SSSR count). The third kappa shape index (κ3) is 4.97.